The molecule has 1 atom stereocenters. The summed E-state index contributed by atoms with van der Waals surface area (Å²) in [6, 6.07) is 14.7. The molecule has 2 aromatic carbocycles. The van der Waals surface area contributed by atoms with Crippen molar-refractivity contribution in [1.82, 2.24) is 0 Å². The monoisotopic (exact) mass is 262 g/mol. The van der Waals surface area contributed by atoms with Crippen LogP contribution in [0.3, 0.4) is 0 Å². The maximum atomic E-state index is 13.6. The lowest BCUT2D eigenvalue weighted by atomic mass is 10.0. The molecule has 0 saturated heterocycles. The fourth-order valence-electron chi connectivity index (χ4n) is 2.00. The molecule has 0 heterocycles. The first-order chi connectivity index (χ1) is 8.72. The van der Waals surface area contributed by atoms with E-state index in [2.05, 4.69) is 19.1 Å². The quantitative estimate of drug-likeness (QED) is 0.672. The highest BCUT2D eigenvalue weighted by molar-refractivity contribution is 6.22. The van der Waals surface area contributed by atoms with E-state index in [0.717, 1.165) is 18.4 Å². The summed E-state index contributed by atoms with van der Waals surface area (Å²) in [6.07, 6.45) is 2.18. The Bertz CT molecular complexity index is 505. The van der Waals surface area contributed by atoms with Gasteiger partial charge in [0.25, 0.3) is 0 Å². The van der Waals surface area contributed by atoms with Crippen molar-refractivity contribution in [3.05, 3.63) is 71.0 Å². The summed E-state index contributed by atoms with van der Waals surface area (Å²) in [5.41, 5.74) is 2.75. The molecular formula is C16H16ClF. The third kappa shape index (κ3) is 2.91. The lowest BCUT2D eigenvalue weighted by Gasteiger charge is -2.11. The van der Waals surface area contributed by atoms with Gasteiger partial charge in [0, 0.05) is 5.56 Å². The van der Waals surface area contributed by atoms with Gasteiger partial charge in [0.15, 0.2) is 0 Å². The van der Waals surface area contributed by atoms with Crippen LogP contribution in [0.25, 0.3) is 0 Å². The molecule has 0 bridgehead atoms. The van der Waals surface area contributed by atoms with Crippen LogP contribution in [-0.2, 0) is 6.42 Å². The molecule has 0 nitrogen and oxygen atoms in total. The molecule has 0 fully saturated rings. The molecule has 0 saturated carbocycles. The zero-order valence-corrected chi connectivity index (χ0v) is 11.1. The smallest absolute Gasteiger partial charge is 0.128 e. The second-order valence-electron chi connectivity index (χ2n) is 4.38. The average Bonchev–Trinajstić information content (AvgIpc) is 2.40. The number of aryl methyl sites for hydroxylation is 1. The van der Waals surface area contributed by atoms with Crippen LogP contribution in [0, 0.1) is 5.82 Å². The summed E-state index contributed by atoms with van der Waals surface area (Å²) in [6.45, 7) is 2.15. The third-order valence-electron chi connectivity index (χ3n) is 2.99. The first-order valence-electron chi connectivity index (χ1n) is 6.19. The molecule has 0 N–H and O–H groups in total. The topological polar surface area (TPSA) is 0 Å². The van der Waals surface area contributed by atoms with Gasteiger partial charge in [-0.05, 0) is 23.6 Å². The van der Waals surface area contributed by atoms with Gasteiger partial charge >= 0.3 is 0 Å². The number of benzene rings is 2. The van der Waals surface area contributed by atoms with Crippen LogP contribution < -0.4 is 0 Å². The predicted molar refractivity (Wildman–Crippen MR) is 74.5 cm³/mol. The van der Waals surface area contributed by atoms with Gasteiger partial charge in [-0.25, -0.2) is 4.39 Å². The van der Waals surface area contributed by atoms with Gasteiger partial charge in [-0.15, -0.1) is 11.6 Å². The van der Waals surface area contributed by atoms with Gasteiger partial charge in [0.2, 0.25) is 0 Å². The molecular weight excluding hydrogens is 247 g/mol. The van der Waals surface area contributed by atoms with E-state index in [0.29, 0.717) is 5.56 Å². The molecule has 0 spiro atoms. The van der Waals surface area contributed by atoms with Crippen molar-refractivity contribution in [2.75, 3.05) is 0 Å². The van der Waals surface area contributed by atoms with Crippen molar-refractivity contribution < 1.29 is 4.39 Å². The van der Waals surface area contributed by atoms with Gasteiger partial charge < -0.3 is 0 Å². The molecule has 2 heteroatoms. The molecule has 0 aliphatic carbocycles. The number of hydrogen-bond donors (Lipinski definition) is 0. The van der Waals surface area contributed by atoms with E-state index in [1.807, 2.05) is 12.1 Å². The van der Waals surface area contributed by atoms with Gasteiger partial charge in [-0.3, -0.25) is 0 Å². The van der Waals surface area contributed by atoms with Crippen LogP contribution in [0.4, 0.5) is 4.39 Å². The van der Waals surface area contributed by atoms with Crippen molar-refractivity contribution in [3.63, 3.8) is 0 Å². The number of rotatable bonds is 4. The summed E-state index contributed by atoms with van der Waals surface area (Å²) in [5, 5.41) is -0.429. The van der Waals surface area contributed by atoms with Crippen LogP contribution in [0.15, 0.2) is 48.5 Å². The third-order valence-corrected chi connectivity index (χ3v) is 3.48. The maximum Gasteiger partial charge on any atom is 0.128 e. The van der Waals surface area contributed by atoms with E-state index in [9.17, 15) is 4.39 Å². The van der Waals surface area contributed by atoms with E-state index in [-0.39, 0.29) is 5.82 Å². The number of hydrogen-bond acceptors (Lipinski definition) is 0. The first kappa shape index (κ1) is 13.1. The zero-order chi connectivity index (χ0) is 13.0. The normalized spacial score (nSPS) is 12.4. The molecule has 2 aromatic rings. The van der Waals surface area contributed by atoms with Crippen LogP contribution in [0.1, 0.15) is 35.4 Å². The Morgan fingerprint density at radius 3 is 2.33 bits per heavy atom. The van der Waals surface area contributed by atoms with Gasteiger partial charge in [0.05, 0.1) is 5.38 Å². The molecule has 18 heavy (non-hydrogen) atoms. The molecule has 1 unspecified atom stereocenters. The van der Waals surface area contributed by atoms with Crippen molar-refractivity contribution >= 4 is 11.6 Å². The van der Waals surface area contributed by atoms with Crippen LogP contribution in [0.5, 0.6) is 0 Å². The molecule has 0 amide bonds. The van der Waals surface area contributed by atoms with E-state index in [1.165, 1.54) is 11.6 Å². The average molecular weight is 263 g/mol. The van der Waals surface area contributed by atoms with Gasteiger partial charge in [-0.1, -0.05) is 55.8 Å². The highest BCUT2D eigenvalue weighted by atomic mass is 35.5. The molecule has 0 aromatic heterocycles. The Morgan fingerprint density at radius 2 is 1.72 bits per heavy atom. The predicted octanol–water partition coefficient (Wildman–Crippen LogP) is 5.11. The lowest BCUT2D eigenvalue weighted by molar-refractivity contribution is 0.612. The fourth-order valence-corrected chi connectivity index (χ4v) is 2.32. The van der Waals surface area contributed by atoms with Gasteiger partial charge in [0.1, 0.15) is 5.82 Å². The van der Waals surface area contributed by atoms with Crippen molar-refractivity contribution in [3.8, 4) is 0 Å². The van der Waals surface area contributed by atoms with E-state index < -0.39 is 5.38 Å². The summed E-state index contributed by atoms with van der Waals surface area (Å²) in [5.74, 6) is -0.255. The second-order valence-corrected chi connectivity index (χ2v) is 4.81. The van der Waals surface area contributed by atoms with Crippen molar-refractivity contribution in [1.29, 1.82) is 0 Å². The molecule has 0 aliphatic rings. The lowest BCUT2D eigenvalue weighted by Crippen LogP contribution is -1.97. The van der Waals surface area contributed by atoms with Crippen LogP contribution >= 0.6 is 11.6 Å². The molecule has 0 radical (unpaired) electrons. The number of alkyl halides is 1. The molecule has 0 aliphatic heterocycles. The molecule has 2 rings (SSSR count). The first-order valence-corrected chi connectivity index (χ1v) is 6.63. The minimum atomic E-state index is -0.429. The van der Waals surface area contributed by atoms with Crippen molar-refractivity contribution in [2.45, 2.75) is 25.1 Å². The minimum absolute atomic E-state index is 0.255. The van der Waals surface area contributed by atoms with Gasteiger partial charge in [-0.2, -0.15) is 0 Å². The van der Waals surface area contributed by atoms with E-state index in [4.69, 9.17) is 11.6 Å². The molecule has 94 valence electrons. The second kappa shape index (κ2) is 6.01. The summed E-state index contributed by atoms with van der Waals surface area (Å²) in [4.78, 5) is 0. The summed E-state index contributed by atoms with van der Waals surface area (Å²) in [7, 11) is 0. The summed E-state index contributed by atoms with van der Waals surface area (Å²) >= 11 is 6.33. The summed E-state index contributed by atoms with van der Waals surface area (Å²) < 4.78 is 13.6. The minimum Gasteiger partial charge on any atom is -0.207 e. The largest absolute Gasteiger partial charge is 0.207 e. The standard InChI is InChI=1S/C16H16ClF/c1-2-5-12-8-10-13(11-9-12)16(17)14-6-3-4-7-15(14)18/h3-4,6-11,16H,2,5H2,1H3. The Labute approximate surface area is 112 Å². The zero-order valence-electron chi connectivity index (χ0n) is 10.4. The van der Waals surface area contributed by atoms with E-state index in [1.54, 1.807) is 18.2 Å². The fraction of sp³-hybridized carbons (Fsp3) is 0.250. The van der Waals surface area contributed by atoms with Crippen molar-refractivity contribution in [2.24, 2.45) is 0 Å². The highest BCUT2D eigenvalue weighted by Gasteiger charge is 2.14. The maximum absolute atomic E-state index is 13.6. The SMILES string of the molecule is CCCc1ccc(C(Cl)c2ccccc2F)cc1. The Balaban J connectivity index is 2.23. The Hall–Kier alpha value is -1.34. The van der Waals surface area contributed by atoms with Crippen LogP contribution in [-0.4, -0.2) is 0 Å². The Kier molecular flexibility index (Phi) is 4.38. The highest BCUT2D eigenvalue weighted by Crippen LogP contribution is 2.30. The van der Waals surface area contributed by atoms with E-state index >= 15 is 0 Å². The number of halogens is 2. The van der Waals surface area contributed by atoms with Crippen LogP contribution in [0.2, 0.25) is 0 Å². The Morgan fingerprint density at radius 1 is 1.06 bits per heavy atom.